The van der Waals surface area contributed by atoms with Crippen LogP contribution in [0.5, 0.6) is 0 Å². The number of nitrogens with two attached hydrogens (primary N) is 1. The summed E-state index contributed by atoms with van der Waals surface area (Å²) >= 11 is 0. The Bertz CT molecular complexity index is 544. The molecule has 1 fully saturated rings. The summed E-state index contributed by atoms with van der Waals surface area (Å²) in [6.07, 6.45) is 2.10. The maximum Gasteiger partial charge on any atom is 0.220 e. The van der Waals surface area contributed by atoms with Crippen LogP contribution < -0.4 is 11.1 Å². The van der Waals surface area contributed by atoms with E-state index in [4.69, 9.17) is 5.73 Å². The predicted octanol–water partition coefficient (Wildman–Crippen LogP) is 1.78. The third kappa shape index (κ3) is 4.32. The molecule has 0 aromatic heterocycles. The summed E-state index contributed by atoms with van der Waals surface area (Å²) in [5, 5.41) is 2.81. The topological polar surface area (TPSA) is 72.2 Å². The maximum absolute atomic E-state index is 13.0. The molecule has 2 rings (SSSR count). The first-order valence-electron chi connectivity index (χ1n) is 6.99. The second-order valence-corrected chi connectivity index (χ2v) is 5.30. The Morgan fingerprint density at radius 3 is 2.52 bits per heavy atom. The highest BCUT2D eigenvalue weighted by Gasteiger charge is 2.31. The van der Waals surface area contributed by atoms with Crippen molar-refractivity contribution in [3.63, 3.8) is 0 Å². The molecule has 0 radical (unpaired) electrons. The number of benzene rings is 1. The summed E-state index contributed by atoms with van der Waals surface area (Å²) < 4.78 is 25.8. The van der Waals surface area contributed by atoms with Gasteiger partial charge in [0.25, 0.3) is 0 Å². The second-order valence-electron chi connectivity index (χ2n) is 5.30. The highest BCUT2D eigenvalue weighted by Crippen LogP contribution is 2.32. The minimum Gasteiger partial charge on any atom is -0.352 e. The molecule has 0 bridgehead atoms. The fourth-order valence-corrected chi connectivity index (χ4v) is 2.19. The van der Waals surface area contributed by atoms with Crippen LogP contribution in [0.25, 0.3) is 0 Å². The highest BCUT2D eigenvalue weighted by atomic mass is 19.2. The van der Waals surface area contributed by atoms with E-state index in [2.05, 4.69) is 5.32 Å². The molecule has 1 aliphatic carbocycles. The quantitative estimate of drug-likeness (QED) is 0.753. The summed E-state index contributed by atoms with van der Waals surface area (Å²) in [5.41, 5.74) is 5.65. The summed E-state index contributed by atoms with van der Waals surface area (Å²) in [5.74, 6) is -2.25. The van der Waals surface area contributed by atoms with Gasteiger partial charge in [-0.25, -0.2) is 8.78 Å². The monoisotopic (exact) mass is 296 g/mol. The van der Waals surface area contributed by atoms with Crippen LogP contribution in [0.3, 0.4) is 0 Å². The van der Waals surface area contributed by atoms with Crippen LogP contribution >= 0.6 is 0 Å². The molecule has 1 aromatic rings. The van der Waals surface area contributed by atoms with Crippen molar-refractivity contribution in [2.45, 2.75) is 31.7 Å². The number of nitrogens with one attached hydrogen (secondary N) is 1. The molecule has 4 nitrogen and oxygen atoms in total. The van der Waals surface area contributed by atoms with E-state index in [0.29, 0.717) is 12.5 Å². The van der Waals surface area contributed by atoms with Crippen molar-refractivity contribution in [1.29, 1.82) is 0 Å². The number of carbonyl (C=O) groups is 2. The minimum absolute atomic E-state index is 0.0149. The molecule has 21 heavy (non-hydrogen) atoms. The molecule has 0 spiro atoms. The van der Waals surface area contributed by atoms with E-state index < -0.39 is 11.6 Å². The normalized spacial score (nSPS) is 15.6. The molecule has 0 heterocycles. The number of amides is 1. The van der Waals surface area contributed by atoms with Crippen molar-refractivity contribution in [3.05, 3.63) is 35.4 Å². The van der Waals surface area contributed by atoms with Gasteiger partial charge in [-0.1, -0.05) is 0 Å². The van der Waals surface area contributed by atoms with Gasteiger partial charge in [0, 0.05) is 31.0 Å². The molecule has 0 saturated heterocycles. The van der Waals surface area contributed by atoms with Gasteiger partial charge in [0.2, 0.25) is 5.91 Å². The Morgan fingerprint density at radius 1 is 1.24 bits per heavy atom. The smallest absolute Gasteiger partial charge is 0.220 e. The Hall–Kier alpha value is -1.82. The zero-order valence-corrected chi connectivity index (χ0v) is 11.6. The van der Waals surface area contributed by atoms with Gasteiger partial charge < -0.3 is 11.1 Å². The Kier molecular flexibility index (Phi) is 5.01. The lowest BCUT2D eigenvalue weighted by Crippen LogP contribution is -2.41. The number of ketones is 1. The van der Waals surface area contributed by atoms with Crippen molar-refractivity contribution in [3.8, 4) is 0 Å². The minimum atomic E-state index is -1.07. The first-order chi connectivity index (χ1) is 10.0. The van der Waals surface area contributed by atoms with E-state index in [9.17, 15) is 18.4 Å². The van der Waals surface area contributed by atoms with Gasteiger partial charge in [0.15, 0.2) is 17.4 Å². The number of Topliss-reactive ketones (excluding diaryl/α,β-unsaturated/α-hetero) is 1. The SMILES string of the molecule is NCC(NC(=O)CCC(=O)c1ccc(F)c(F)c1)C1CC1. The zero-order chi connectivity index (χ0) is 15.4. The van der Waals surface area contributed by atoms with Gasteiger partial charge in [-0.05, 0) is 37.0 Å². The van der Waals surface area contributed by atoms with Gasteiger partial charge in [-0.3, -0.25) is 9.59 Å². The van der Waals surface area contributed by atoms with Gasteiger partial charge in [-0.2, -0.15) is 0 Å². The molecule has 1 aliphatic rings. The molecule has 1 saturated carbocycles. The first kappa shape index (κ1) is 15.6. The molecular formula is C15H18F2N2O2. The molecule has 114 valence electrons. The number of hydrogen-bond donors (Lipinski definition) is 2. The first-order valence-corrected chi connectivity index (χ1v) is 6.99. The molecule has 3 N–H and O–H groups in total. The molecule has 6 heteroatoms. The lowest BCUT2D eigenvalue weighted by Gasteiger charge is -2.15. The van der Waals surface area contributed by atoms with E-state index in [1.54, 1.807) is 0 Å². The van der Waals surface area contributed by atoms with Gasteiger partial charge in [0.1, 0.15) is 0 Å². The maximum atomic E-state index is 13.0. The van der Waals surface area contributed by atoms with E-state index >= 15 is 0 Å². The number of hydrogen-bond acceptors (Lipinski definition) is 3. The zero-order valence-electron chi connectivity index (χ0n) is 11.6. The standard InChI is InChI=1S/C15H18F2N2O2/c16-11-4-3-10(7-12(11)17)14(20)5-6-15(21)19-13(8-18)9-1-2-9/h3-4,7,9,13H,1-2,5-6,8,18H2,(H,19,21). The molecule has 1 amide bonds. The van der Waals surface area contributed by atoms with Crippen molar-refractivity contribution >= 4 is 11.7 Å². The van der Waals surface area contributed by atoms with Crippen LogP contribution in [-0.4, -0.2) is 24.3 Å². The van der Waals surface area contributed by atoms with Crippen molar-refractivity contribution in [2.75, 3.05) is 6.54 Å². The average Bonchev–Trinajstić information content (AvgIpc) is 3.29. The Balaban J connectivity index is 1.82. The van der Waals surface area contributed by atoms with Gasteiger partial charge in [0.05, 0.1) is 0 Å². The van der Waals surface area contributed by atoms with E-state index in [1.807, 2.05) is 0 Å². The largest absolute Gasteiger partial charge is 0.352 e. The average molecular weight is 296 g/mol. The Morgan fingerprint density at radius 2 is 1.95 bits per heavy atom. The highest BCUT2D eigenvalue weighted by molar-refractivity contribution is 5.97. The van der Waals surface area contributed by atoms with Crippen LogP contribution in [0.1, 0.15) is 36.0 Å². The fourth-order valence-electron chi connectivity index (χ4n) is 2.19. The number of rotatable bonds is 7. The van der Waals surface area contributed by atoms with E-state index in [0.717, 1.165) is 25.0 Å². The van der Waals surface area contributed by atoms with Crippen molar-refractivity contribution in [2.24, 2.45) is 11.7 Å². The van der Waals surface area contributed by atoms with Gasteiger partial charge >= 0.3 is 0 Å². The van der Waals surface area contributed by atoms with Crippen molar-refractivity contribution in [1.82, 2.24) is 5.32 Å². The molecule has 0 aliphatic heterocycles. The van der Waals surface area contributed by atoms with Crippen molar-refractivity contribution < 1.29 is 18.4 Å². The van der Waals surface area contributed by atoms with E-state index in [1.165, 1.54) is 6.07 Å². The molecule has 1 aromatic carbocycles. The Labute approximate surface area is 121 Å². The predicted molar refractivity (Wildman–Crippen MR) is 73.6 cm³/mol. The van der Waals surface area contributed by atoms with Crippen LogP contribution in [0.15, 0.2) is 18.2 Å². The summed E-state index contributed by atoms with van der Waals surface area (Å²) in [4.78, 5) is 23.6. The van der Waals surface area contributed by atoms with Crippen LogP contribution in [-0.2, 0) is 4.79 Å². The second kappa shape index (κ2) is 6.76. The van der Waals surface area contributed by atoms with Crippen LogP contribution in [0.2, 0.25) is 0 Å². The van der Waals surface area contributed by atoms with E-state index in [-0.39, 0.29) is 36.1 Å². The lowest BCUT2D eigenvalue weighted by atomic mass is 10.1. The number of carbonyl (C=O) groups excluding carboxylic acids is 2. The lowest BCUT2D eigenvalue weighted by molar-refractivity contribution is -0.121. The van der Waals surface area contributed by atoms with Gasteiger partial charge in [-0.15, -0.1) is 0 Å². The number of halogens is 2. The molecule has 1 unspecified atom stereocenters. The third-order valence-electron chi connectivity index (χ3n) is 3.61. The summed E-state index contributed by atoms with van der Waals surface area (Å²) in [6.45, 7) is 0.382. The fraction of sp³-hybridized carbons (Fsp3) is 0.467. The van der Waals surface area contributed by atoms with Crippen LogP contribution in [0.4, 0.5) is 8.78 Å². The summed E-state index contributed by atoms with van der Waals surface area (Å²) in [7, 11) is 0. The van der Waals surface area contributed by atoms with Crippen LogP contribution in [0, 0.1) is 17.6 Å². The molecular weight excluding hydrogens is 278 g/mol. The summed E-state index contributed by atoms with van der Waals surface area (Å²) in [6, 6.07) is 2.93. The third-order valence-corrected chi connectivity index (χ3v) is 3.61. The molecule has 1 atom stereocenters.